The molecule has 1 N–H and O–H groups in total. The van der Waals surface area contributed by atoms with E-state index in [-0.39, 0.29) is 11.5 Å². The molecule has 0 unspecified atom stereocenters. The lowest BCUT2D eigenvalue weighted by atomic mass is 10.2. The van der Waals surface area contributed by atoms with Gasteiger partial charge in [0.25, 0.3) is 5.56 Å². The van der Waals surface area contributed by atoms with Gasteiger partial charge in [-0.1, -0.05) is 18.2 Å². The molecule has 3 heterocycles. The number of amides is 1. The van der Waals surface area contributed by atoms with Crippen LogP contribution in [0.5, 0.6) is 0 Å². The molecule has 1 aliphatic rings. The van der Waals surface area contributed by atoms with E-state index in [4.69, 9.17) is 0 Å². The third kappa shape index (κ3) is 1.92. The van der Waals surface area contributed by atoms with Crippen molar-refractivity contribution in [3.05, 3.63) is 52.8 Å². The molecule has 6 heteroatoms. The van der Waals surface area contributed by atoms with E-state index in [0.717, 1.165) is 11.9 Å². The Labute approximate surface area is 126 Å². The highest BCUT2D eigenvalue weighted by atomic mass is 16.2. The summed E-state index contributed by atoms with van der Waals surface area (Å²) in [6.45, 7) is 0.693. The normalized spacial score (nSPS) is 14.9. The van der Waals surface area contributed by atoms with Gasteiger partial charge in [0.2, 0.25) is 5.91 Å². The van der Waals surface area contributed by atoms with Crippen molar-refractivity contribution >= 4 is 22.6 Å². The van der Waals surface area contributed by atoms with Gasteiger partial charge in [0.1, 0.15) is 5.82 Å². The number of anilines is 1. The number of carbonyl (C=O) groups excluding carboxylic acids is 1. The Balaban J connectivity index is 1.85. The van der Waals surface area contributed by atoms with Gasteiger partial charge in [-0.15, -0.1) is 0 Å². The summed E-state index contributed by atoms with van der Waals surface area (Å²) in [5.41, 5.74) is 0.616. The van der Waals surface area contributed by atoms with E-state index < -0.39 is 0 Å². The zero-order chi connectivity index (χ0) is 15.1. The number of rotatable bonds is 2. The first-order chi connectivity index (χ1) is 10.7. The molecule has 0 radical (unpaired) electrons. The fraction of sp³-hybridized carbons (Fsp3) is 0.188. The second-order valence-electron chi connectivity index (χ2n) is 5.30. The zero-order valence-corrected chi connectivity index (χ0v) is 11.8. The number of nitrogens with zero attached hydrogens (tertiary/aromatic N) is 3. The predicted molar refractivity (Wildman–Crippen MR) is 83.3 cm³/mol. The van der Waals surface area contributed by atoms with Gasteiger partial charge in [-0.2, -0.15) is 0 Å². The van der Waals surface area contributed by atoms with Crippen molar-refractivity contribution in [2.75, 3.05) is 11.4 Å². The molecule has 1 fully saturated rings. The molecule has 2 aromatic heterocycles. The Bertz CT molecular complexity index is 925. The minimum Gasteiger partial charge on any atom is -0.297 e. The van der Waals surface area contributed by atoms with Gasteiger partial charge in [-0.25, -0.2) is 9.67 Å². The van der Waals surface area contributed by atoms with Crippen LogP contribution in [0.4, 0.5) is 5.82 Å². The molecule has 0 aliphatic carbocycles. The number of aromatic nitrogens is 3. The summed E-state index contributed by atoms with van der Waals surface area (Å²) in [6, 6.07) is 12.8. The molecule has 22 heavy (non-hydrogen) atoms. The fourth-order valence-electron chi connectivity index (χ4n) is 2.84. The number of hydrogen-bond donors (Lipinski definition) is 1. The molecule has 0 bridgehead atoms. The first-order valence-electron chi connectivity index (χ1n) is 7.21. The van der Waals surface area contributed by atoms with Crippen molar-refractivity contribution in [1.29, 1.82) is 0 Å². The second kappa shape index (κ2) is 4.84. The van der Waals surface area contributed by atoms with E-state index in [1.807, 2.05) is 36.4 Å². The third-order valence-electron chi connectivity index (χ3n) is 3.90. The number of para-hydroxylation sites is 1. The lowest BCUT2D eigenvalue weighted by Gasteiger charge is -2.15. The quantitative estimate of drug-likeness (QED) is 0.784. The van der Waals surface area contributed by atoms with Gasteiger partial charge < -0.3 is 0 Å². The lowest BCUT2D eigenvalue weighted by Crippen LogP contribution is -2.25. The van der Waals surface area contributed by atoms with Crippen LogP contribution in [0, 0.1) is 0 Å². The third-order valence-corrected chi connectivity index (χ3v) is 3.90. The van der Waals surface area contributed by atoms with Gasteiger partial charge in [0, 0.05) is 13.0 Å². The summed E-state index contributed by atoms with van der Waals surface area (Å²) in [5, 5.41) is 3.41. The summed E-state index contributed by atoms with van der Waals surface area (Å²) in [6.07, 6.45) is 1.42. The molecule has 0 atom stereocenters. The van der Waals surface area contributed by atoms with E-state index in [1.54, 1.807) is 15.6 Å². The van der Waals surface area contributed by atoms with Crippen molar-refractivity contribution in [2.24, 2.45) is 0 Å². The van der Waals surface area contributed by atoms with Crippen molar-refractivity contribution in [1.82, 2.24) is 14.8 Å². The molecule has 110 valence electrons. The standard InChI is InChI=1S/C16H14N4O2/c21-15-9-4-10-19(15)13-7-3-8-14(17-13)20-12-6-2-1-5-11(12)16(22)18-20/h1-3,5-8H,4,9-10H2,(H,18,22). The Morgan fingerprint density at radius 2 is 1.82 bits per heavy atom. The average molecular weight is 294 g/mol. The number of benzene rings is 1. The Kier molecular flexibility index (Phi) is 2.82. The van der Waals surface area contributed by atoms with Crippen molar-refractivity contribution in [3.8, 4) is 5.82 Å². The van der Waals surface area contributed by atoms with Gasteiger partial charge in [0.05, 0.1) is 10.9 Å². The van der Waals surface area contributed by atoms with Gasteiger partial charge in [-0.3, -0.25) is 19.6 Å². The van der Waals surface area contributed by atoms with Crippen molar-refractivity contribution in [2.45, 2.75) is 12.8 Å². The highest BCUT2D eigenvalue weighted by Crippen LogP contribution is 2.21. The zero-order valence-electron chi connectivity index (χ0n) is 11.8. The molecule has 1 saturated heterocycles. The van der Waals surface area contributed by atoms with Crippen LogP contribution in [0.1, 0.15) is 12.8 Å². The van der Waals surface area contributed by atoms with Crippen LogP contribution < -0.4 is 10.5 Å². The number of fused-ring (bicyclic) bond motifs is 1. The van der Waals surface area contributed by atoms with Crippen LogP contribution in [-0.4, -0.2) is 27.2 Å². The SMILES string of the molecule is O=C1CCCN1c1cccc(-n2[nH]c(=O)c3ccccc32)n1. The molecule has 1 amide bonds. The lowest BCUT2D eigenvalue weighted by molar-refractivity contribution is -0.117. The Morgan fingerprint density at radius 3 is 2.64 bits per heavy atom. The van der Waals surface area contributed by atoms with Crippen LogP contribution in [-0.2, 0) is 4.79 Å². The number of H-pyrrole nitrogens is 1. The molecular weight excluding hydrogens is 280 g/mol. The molecule has 1 aliphatic heterocycles. The van der Waals surface area contributed by atoms with E-state index in [0.29, 0.717) is 30.0 Å². The molecule has 4 rings (SSSR count). The van der Waals surface area contributed by atoms with Crippen LogP contribution >= 0.6 is 0 Å². The second-order valence-corrected chi connectivity index (χ2v) is 5.30. The fourth-order valence-corrected chi connectivity index (χ4v) is 2.84. The minimum atomic E-state index is -0.153. The minimum absolute atomic E-state index is 0.0931. The smallest absolute Gasteiger partial charge is 0.272 e. The highest BCUT2D eigenvalue weighted by molar-refractivity contribution is 5.94. The predicted octanol–water partition coefficient (Wildman–Crippen LogP) is 1.84. The van der Waals surface area contributed by atoms with Crippen LogP contribution in [0.3, 0.4) is 0 Å². The van der Waals surface area contributed by atoms with Crippen molar-refractivity contribution < 1.29 is 4.79 Å². The van der Waals surface area contributed by atoms with Crippen LogP contribution in [0.2, 0.25) is 0 Å². The van der Waals surface area contributed by atoms with Gasteiger partial charge in [0.15, 0.2) is 5.82 Å². The highest BCUT2D eigenvalue weighted by Gasteiger charge is 2.23. The van der Waals surface area contributed by atoms with Crippen LogP contribution in [0.15, 0.2) is 47.3 Å². The summed E-state index contributed by atoms with van der Waals surface area (Å²) >= 11 is 0. The summed E-state index contributed by atoms with van der Waals surface area (Å²) < 4.78 is 1.65. The number of nitrogens with one attached hydrogen (secondary N) is 1. The van der Waals surface area contributed by atoms with E-state index in [9.17, 15) is 9.59 Å². The van der Waals surface area contributed by atoms with Gasteiger partial charge >= 0.3 is 0 Å². The number of pyridine rings is 1. The van der Waals surface area contributed by atoms with Gasteiger partial charge in [-0.05, 0) is 30.7 Å². The first-order valence-corrected chi connectivity index (χ1v) is 7.21. The number of aromatic amines is 1. The first kappa shape index (κ1) is 12.8. The Hall–Kier alpha value is -2.89. The Morgan fingerprint density at radius 1 is 1.00 bits per heavy atom. The summed E-state index contributed by atoms with van der Waals surface area (Å²) in [7, 11) is 0. The maximum absolute atomic E-state index is 12.0. The average Bonchev–Trinajstić information content (AvgIpc) is 3.12. The maximum Gasteiger partial charge on any atom is 0.272 e. The molecule has 3 aromatic rings. The molecule has 0 saturated carbocycles. The number of carbonyl (C=O) groups is 1. The molecule has 1 aromatic carbocycles. The molecule has 6 nitrogen and oxygen atoms in total. The van der Waals surface area contributed by atoms with E-state index in [1.165, 1.54) is 0 Å². The molecular formula is C16H14N4O2. The van der Waals surface area contributed by atoms with E-state index >= 15 is 0 Å². The maximum atomic E-state index is 12.0. The topological polar surface area (TPSA) is 71.0 Å². The number of hydrogen-bond acceptors (Lipinski definition) is 3. The van der Waals surface area contributed by atoms with Crippen LogP contribution in [0.25, 0.3) is 16.7 Å². The molecule has 0 spiro atoms. The summed E-state index contributed by atoms with van der Waals surface area (Å²) in [4.78, 5) is 30.1. The van der Waals surface area contributed by atoms with E-state index in [2.05, 4.69) is 10.1 Å². The monoisotopic (exact) mass is 294 g/mol. The van der Waals surface area contributed by atoms with Crippen molar-refractivity contribution in [3.63, 3.8) is 0 Å². The largest absolute Gasteiger partial charge is 0.297 e. The summed E-state index contributed by atoms with van der Waals surface area (Å²) in [5.74, 6) is 1.31.